The minimum Gasteiger partial charge on any atom is -0.382 e. The Kier molecular flexibility index (Phi) is 3.22. The lowest BCUT2D eigenvalue weighted by atomic mass is 9.99. The molecule has 0 aliphatic rings. The lowest BCUT2D eigenvalue weighted by Crippen LogP contribution is -2.06. The monoisotopic (exact) mass is 336 g/mol. The lowest BCUT2D eigenvalue weighted by molar-refractivity contribution is 0.911. The topological polar surface area (TPSA) is 56.7 Å². The molecule has 2 aromatic heterocycles. The van der Waals surface area contributed by atoms with E-state index in [0.29, 0.717) is 5.82 Å². The van der Waals surface area contributed by atoms with Crippen LogP contribution in [-0.2, 0) is 0 Å². The van der Waals surface area contributed by atoms with Gasteiger partial charge in [0.2, 0.25) is 0 Å². The average Bonchev–Trinajstić information content (AvgIpc) is 3.11. The van der Waals surface area contributed by atoms with Crippen molar-refractivity contribution in [2.24, 2.45) is 0 Å². The quantitative estimate of drug-likeness (QED) is 0.503. The predicted molar refractivity (Wildman–Crippen MR) is 106 cm³/mol. The van der Waals surface area contributed by atoms with Crippen molar-refractivity contribution in [1.82, 2.24) is 14.8 Å². The molecule has 0 unspecified atom stereocenters. The number of nitrogens with two attached hydrogens (primary N) is 1. The van der Waals surface area contributed by atoms with Crippen LogP contribution in [0.1, 0.15) is 0 Å². The number of nitrogens with zero attached hydrogens (tertiary/aromatic N) is 3. The number of aromatic nitrogens is 3. The highest BCUT2D eigenvalue weighted by molar-refractivity contribution is 6.02. The van der Waals surface area contributed by atoms with Gasteiger partial charge in [0.05, 0.1) is 17.2 Å². The van der Waals surface area contributed by atoms with E-state index in [2.05, 4.69) is 28.3 Å². The third-order valence-electron chi connectivity index (χ3n) is 4.65. The van der Waals surface area contributed by atoms with Gasteiger partial charge in [-0.15, -0.1) is 0 Å². The smallest absolute Gasteiger partial charge is 0.150 e. The Morgan fingerprint density at radius 3 is 2.38 bits per heavy atom. The van der Waals surface area contributed by atoms with Gasteiger partial charge in [0.15, 0.2) is 5.82 Å². The summed E-state index contributed by atoms with van der Waals surface area (Å²) in [5.74, 6) is 0.469. The molecule has 0 spiro atoms. The summed E-state index contributed by atoms with van der Waals surface area (Å²) in [5.41, 5.74) is 11.3. The molecule has 0 aliphatic carbocycles. The molecule has 4 heteroatoms. The Hall–Kier alpha value is -3.66. The first-order chi connectivity index (χ1) is 12.8. The normalized spacial score (nSPS) is 11.2. The summed E-state index contributed by atoms with van der Waals surface area (Å²) in [6.45, 7) is 0. The summed E-state index contributed by atoms with van der Waals surface area (Å²) in [6.07, 6.45) is 1.86. The highest BCUT2D eigenvalue weighted by Crippen LogP contribution is 2.37. The summed E-state index contributed by atoms with van der Waals surface area (Å²) in [4.78, 5) is 4.64. The molecule has 4 nitrogen and oxygen atoms in total. The van der Waals surface area contributed by atoms with E-state index >= 15 is 0 Å². The van der Waals surface area contributed by atoms with E-state index in [0.717, 1.165) is 38.6 Å². The van der Waals surface area contributed by atoms with Gasteiger partial charge in [-0.3, -0.25) is 0 Å². The van der Waals surface area contributed by atoms with Crippen molar-refractivity contribution in [2.75, 3.05) is 5.73 Å². The molecule has 5 aromatic rings. The molecule has 3 aromatic carbocycles. The highest BCUT2D eigenvalue weighted by Gasteiger charge is 2.18. The van der Waals surface area contributed by atoms with Crippen LogP contribution >= 0.6 is 0 Å². The zero-order valence-corrected chi connectivity index (χ0v) is 14.0. The number of fused-ring (bicyclic) bond motifs is 2. The number of nitrogen functional groups attached to an aromatic ring is 1. The second kappa shape index (κ2) is 5.70. The zero-order chi connectivity index (χ0) is 17.5. The van der Waals surface area contributed by atoms with Crippen molar-refractivity contribution < 1.29 is 0 Å². The Labute approximate surface area is 150 Å². The van der Waals surface area contributed by atoms with E-state index in [1.165, 1.54) is 0 Å². The molecule has 0 fully saturated rings. The van der Waals surface area contributed by atoms with Gasteiger partial charge in [0.25, 0.3) is 0 Å². The maximum atomic E-state index is 6.44. The third-order valence-corrected chi connectivity index (χ3v) is 4.65. The van der Waals surface area contributed by atoms with Gasteiger partial charge in [-0.05, 0) is 17.7 Å². The number of pyridine rings is 1. The first-order valence-corrected chi connectivity index (χ1v) is 8.50. The molecule has 26 heavy (non-hydrogen) atoms. The zero-order valence-electron chi connectivity index (χ0n) is 14.0. The van der Waals surface area contributed by atoms with Crippen LogP contribution in [0.4, 0.5) is 5.82 Å². The van der Waals surface area contributed by atoms with E-state index in [9.17, 15) is 0 Å². The summed E-state index contributed by atoms with van der Waals surface area (Å²) < 4.78 is 1.90. The van der Waals surface area contributed by atoms with Gasteiger partial charge < -0.3 is 5.73 Å². The predicted octanol–water partition coefficient (Wildman–Crippen LogP) is 4.82. The second-order valence-corrected chi connectivity index (χ2v) is 6.22. The molecule has 0 radical (unpaired) electrons. The number of hydrogen-bond acceptors (Lipinski definition) is 3. The molecule has 0 bridgehead atoms. The third kappa shape index (κ3) is 2.16. The number of para-hydroxylation sites is 2. The standard InChI is InChI=1S/C22H16N4/c23-22-21(26-19-13-7-4-10-16(19)14-24-26)20(15-8-2-1-3-9-15)17-11-5-6-12-18(17)25-22/h1-14H,(H2,23,25). The van der Waals surface area contributed by atoms with Crippen LogP contribution < -0.4 is 5.73 Å². The maximum absolute atomic E-state index is 6.44. The van der Waals surface area contributed by atoms with Gasteiger partial charge in [-0.2, -0.15) is 5.10 Å². The summed E-state index contributed by atoms with van der Waals surface area (Å²) in [7, 11) is 0. The average molecular weight is 336 g/mol. The van der Waals surface area contributed by atoms with E-state index in [-0.39, 0.29) is 0 Å². The number of rotatable bonds is 2. The first kappa shape index (κ1) is 14.7. The number of benzene rings is 3. The van der Waals surface area contributed by atoms with Gasteiger partial charge in [-0.25, -0.2) is 9.67 Å². The molecule has 5 rings (SSSR count). The van der Waals surface area contributed by atoms with Crippen LogP contribution in [0.25, 0.3) is 38.6 Å². The van der Waals surface area contributed by atoms with Crippen LogP contribution in [-0.4, -0.2) is 14.8 Å². The largest absolute Gasteiger partial charge is 0.382 e. The lowest BCUT2D eigenvalue weighted by Gasteiger charge is -2.16. The molecule has 0 saturated carbocycles. The Bertz CT molecular complexity index is 1240. The Morgan fingerprint density at radius 2 is 1.50 bits per heavy atom. The van der Waals surface area contributed by atoms with Crippen LogP contribution in [0.15, 0.2) is 85.1 Å². The fourth-order valence-electron chi connectivity index (χ4n) is 3.48. The molecule has 2 N–H and O–H groups in total. The Morgan fingerprint density at radius 1 is 0.769 bits per heavy atom. The molecule has 0 saturated heterocycles. The molecular weight excluding hydrogens is 320 g/mol. The fraction of sp³-hybridized carbons (Fsp3) is 0. The van der Waals surface area contributed by atoms with Gasteiger partial charge in [0.1, 0.15) is 5.69 Å². The molecular formula is C22H16N4. The molecule has 0 atom stereocenters. The second-order valence-electron chi connectivity index (χ2n) is 6.22. The minimum atomic E-state index is 0.469. The minimum absolute atomic E-state index is 0.469. The van der Waals surface area contributed by atoms with E-state index in [1.54, 1.807) is 0 Å². The number of anilines is 1. The maximum Gasteiger partial charge on any atom is 0.150 e. The van der Waals surface area contributed by atoms with Gasteiger partial charge >= 0.3 is 0 Å². The van der Waals surface area contributed by atoms with Crippen molar-refractivity contribution in [1.29, 1.82) is 0 Å². The summed E-state index contributed by atoms with van der Waals surface area (Å²) >= 11 is 0. The fourth-order valence-corrected chi connectivity index (χ4v) is 3.48. The van der Waals surface area contributed by atoms with E-state index in [1.807, 2.05) is 71.5 Å². The van der Waals surface area contributed by atoms with Crippen molar-refractivity contribution in [3.8, 4) is 16.8 Å². The van der Waals surface area contributed by atoms with Gasteiger partial charge in [0, 0.05) is 16.3 Å². The molecule has 124 valence electrons. The summed E-state index contributed by atoms with van der Waals surface area (Å²) in [6, 6.07) is 26.5. The molecule has 0 amide bonds. The van der Waals surface area contributed by atoms with Crippen LogP contribution in [0.2, 0.25) is 0 Å². The first-order valence-electron chi connectivity index (χ1n) is 8.50. The Balaban J connectivity index is 1.95. The van der Waals surface area contributed by atoms with Crippen molar-refractivity contribution in [2.45, 2.75) is 0 Å². The van der Waals surface area contributed by atoms with Crippen LogP contribution in [0.3, 0.4) is 0 Å². The van der Waals surface area contributed by atoms with Crippen molar-refractivity contribution in [3.63, 3.8) is 0 Å². The number of hydrogen-bond donors (Lipinski definition) is 1. The highest BCUT2D eigenvalue weighted by atomic mass is 15.3. The summed E-state index contributed by atoms with van der Waals surface area (Å²) in [5, 5.41) is 6.74. The van der Waals surface area contributed by atoms with Crippen molar-refractivity contribution >= 4 is 27.6 Å². The van der Waals surface area contributed by atoms with E-state index in [4.69, 9.17) is 5.73 Å². The van der Waals surface area contributed by atoms with Gasteiger partial charge in [-0.1, -0.05) is 66.7 Å². The molecule has 2 heterocycles. The van der Waals surface area contributed by atoms with Crippen LogP contribution in [0.5, 0.6) is 0 Å². The SMILES string of the molecule is Nc1nc2ccccc2c(-c2ccccc2)c1-n1ncc2ccccc21. The van der Waals surface area contributed by atoms with E-state index < -0.39 is 0 Å². The van der Waals surface area contributed by atoms with Crippen molar-refractivity contribution in [3.05, 3.63) is 85.1 Å². The van der Waals surface area contributed by atoms with Crippen LogP contribution in [0, 0.1) is 0 Å². The molecule has 0 aliphatic heterocycles.